The molecule has 0 bridgehead atoms. The van der Waals surface area contributed by atoms with Crippen molar-refractivity contribution in [2.45, 2.75) is 45.1 Å². The normalized spacial score (nSPS) is 43.0. The van der Waals surface area contributed by atoms with Crippen molar-refractivity contribution in [3.05, 3.63) is 0 Å². The number of hydrogen-bond donors (Lipinski definition) is 1. The molecule has 2 fully saturated rings. The van der Waals surface area contributed by atoms with Crippen molar-refractivity contribution in [1.29, 1.82) is 0 Å². The highest BCUT2D eigenvalue weighted by molar-refractivity contribution is 4.91. The summed E-state index contributed by atoms with van der Waals surface area (Å²) in [5.41, 5.74) is 0. The van der Waals surface area contributed by atoms with Gasteiger partial charge in [0, 0.05) is 6.04 Å². The summed E-state index contributed by atoms with van der Waals surface area (Å²) in [7, 11) is 2.12. The van der Waals surface area contributed by atoms with Crippen molar-refractivity contribution in [3.63, 3.8) is 0 Å². The molecular formula is C11H21N. The maximum atomic E-state index is 3.45. The lowest BCUT2D eigenvalue weighted by Crippen LogP contribution is -2.33. The highest BCUT2D eigenvalue weighted by Gasteiger charge is 2.38. The van der Waals surface area contributed by atoms with Gasteiger partial charge in [0.05, 0.1) is 0 Å². The Hall–Kier alpha value is -0.0400. The third-order valence-corrected chi connectivity index (χ3v) is 4.25. The zero-order chi connectivity index (χ0) is 8.55. The van der Waals surface area contributed by atoms with E-state index in [1.54, 1.807) is 0 Å². The molecule has 2 aliphatic carbocycles. The van der Waals surface area contributed by atoms with Gasteiger partial charge in [-0.2, -0.15) is 0 Å². The first-order chi connectivity index (χ1) is 5.83. The van der Waals surface area contributed by atoms with Gasteiger partial charge >= 0.3 is 0 Å². The predicted octanol–water partition coefficient (Wildman–Crippen LogP) is 2.42. The Morgan fingerprint density at radius 3 is 2.25 bits per heavy atom. The van der Waals surface area contributed by atoms with Crippen LogP contribution in [0.15, 0.2) is 0 Å². The van der Waals surface area contributed by atoms with Gasteiger partial charge in [0.1, 0.15) is 0 Å². The van der Waals surface area contributed by atoms with Crippen LogP contribution in [0, 0.1) is 17.8 Å². The monoisotopic (exact) mass is 167 g/mol. The Balaban J connectivity index is 1.91. The topological polar surface area (TPSA) is 12.0 Å². The van der Waals surface area contributed by atoms with Gasteiger partial charge < -0.3 is 5.32 Å². The first-order valence-electron chi connectivity index (χ1n) is 5.50. The van der Waals surface area contributed by atoms with Crippen molar-refractivity contribution >= 4 is 0 Å². The molecule has 2 saturated carbocycles. The van der Waals surface area contributed by atoms with Crippen LogP contribution in [0.1, 0.15) is 39.0 Å². The van der Waals surface area contributed by atoms with Crippen molar-refractivity contribution in [2.24, 2.45) is 17.8 Å². The van der Waals surface area contributed by atoms with Gasteiger partial charge in [-0.15, -0.1) is 0 Å². The quantitative estimate of drug-likeness (QED) is 0.666. The van der Waals surface area contributed by atoms with Crippen molar-refractivity contribution < 1.29 is 0 Å². The average Bonchev–Trinajstić information content (AvgIpc) is 2.30. The number of nitrogens with one attached hydrogen (secondary N) is 1. The molecule has 0 spiro atoms. The van der Waals surface area contributed by atoms with Crippen LogP contribution in [-0.2, 0) is 0 Å². The van der Waals surface area contributed by atoms with E-state index in [9.17, 15) is 0 Å². The van der Waals surface area contributed by atoms with Gasteiger partial charge in [-0.1, -0.05) is 26.2 Å². The first-order valence-corrected chi connectivity index (χ1v) is 5.50. The molecule has 12 heavy (non-hydrogen) atoms. The van der Waals surface area contributed by atoms with E-state index >= 15 is 0 Å². The molecule has 0 radical (unpaired) electrons. The van der Waals surface area contributed by atoms with Crippen molar-refractivity contribution in [3.8, 4) is 0 Å². The Labute approximate surface area is 75.9 Å². The molecule has 3 unspecified atom stereocenters. The Morgan fingerprint density at radius 2 is 1.83 bits per heavy atom. The third-order valence-electron chi connectivity index (χ3n) is 4.25. The zero-order valence-electron chi connectivity index (χ0n) is 8.34. The van der Waals surface area contributed by atoms with Gasteiger partial charge in [0.2, 0.25) is 0 Å². The van der Waals surface area contributed by atoms with E-state index in [4.69, 9.17) is 0 Å². The fourth-order valence-electron chi connectivity index (χ4n) is 3.14. The SMILES string of the molecule is CNC1CCC(C2CCC2)C1C. The second-order valence-corrected chi connectivity index (χ2v) is 4.69. The lowest BCUT2D eigenvalue weighted by atomic mass is 9.72. The van der Waals surface area contributed by atoms with E-state index < -0.39 is 0 Å². The molecular weight excluding hydrogens is 146 g/mol. The van der Waals surface area contributed by atoms with Crippen LogP contribution < -0.4 is 5.32 Å². The molecule has 0 aromatic rings. The molecule has 2 rings (SSSR count). The summed E-state index contributed by atoms with van der Waals surface area (Å²) in [5.74, 6) is 3.08. The summed E-state index contributed by atoms with van der Waals surface area (Å²) in [4.78, 5) is 0. The molecule has 1 heteroatoms. The van der Waals surface area contributed by atoms with Crippen LogP contribution in [0.5, 0.6) is 0 Å². The summed E-state index contributed by atoms with van der Waals surface area (Å²) >= 11 is 0. The zero-order valence-corrected chi connectivity index (χ0v) is 8.34. The molecule has 0 amide bonds. The largest absolute Gasteiger partial charge is 0.317 e. The molecule has 0 aromatic carbocycles. The molecule has 70 valence electrons. The van der Waals surface area contributed by atoms with E-state index in [0.717, 1.165) is 23.8 Å². The summed E-state index contributed by atoms with van der Waals surface area (Å²) < 4.78 is 0. The van der Waals surface area contributed by atoms with Gasteiger partial charge in [-0.05, 0) is 37.6 Å². The lowest BCUT2D eigenvalue weighted by Gasteiger charge is -2.34. The van der Waals surface area contributed by atoms with Crippen LogP contribution in [0.25, 0.3) is 0 Å². The molecule has 0 aromatic heterocycles. The van der Waals surface area contributed by atoms with E-state index in [0.29, 0.717) is 0 Å². The maximum absolute atomic E-state index is 3.45. The number of rotatable bonds is 2. The van der Waals surface area contributed by atoms with E-state index in [1.807, 2.05) is 0 Å². The molecule has 0 heterocycles. The van der Waals surface area contributed by atoms with Gasteiger partial charge in [0.15, 0.2) is 0 Å². The molecule has 2 aliphatic rings. The first kappa shape index (κ1) is 8.55. The molecule has 1 nitrogen and oxygen atoms in total. The van der Waals surface area contributed by atoms with Crippen LogP contribution in [0.2, 0.25) is 0 Å². The molecule has 3 atom stereocenters. The minimum absolute atomic E-state index is 0.815. The van der Waals surface area contributed by atoms with Crippen LogP contribution >= 0.6 is 0 Å². The minimum atomic E-state index is 0.815. The van der Waals surface area contributed by atoms with E-state index in [-0.39, 0.29) is 0 Å². The van der Waals surface area contributed by atoms with Crippen LogP contribution in [0.4, 0.5) is 0 Å². The van der Waals surface area contributed by atoms with Crippen LogP contribution in [0.3, 0.4) is 0 Å². The Morgan fingerprint density at radius 1 is 1.08 bits per heavy atom. The maximum Gasteiger partial charge on any atom is 0.00925 e. The summed E-state index contributed by atoms with van der Waals surface area (Å²) in [6.07, 6.45) is 7.44. The van der Waals surface area contributed by atoms with E-state index in [1.165, 1.54) is 32.1 Å². The third kappa shape index (κ3) is 1.28. The molecule has 0 aliphatic heterocycles. The smallest absolute Gasteiger partial charge is 0.00925 e. The van der Waals surface area contributed by atoms with E-state index in [2.05, 4.69) is 19.3 Å². The Bertz CT molecular complexity index is 151. The minimum Gasteiger partial charge on any atom is -0.317 e. The molecule has 0 saturated heterocycles. The highest BCUT2D eigenvalue weighted by atomic mass is 14.9. The standard InChI is InChI=1S/C11H21N/c1-8-10(9-4-3-5-9)6-7-11(8)12-2/h8-12H,3-7H2,1-2H3. The van der Waals surface area contributed by atoms with Gasteiger partial charge in [-0.25, -0.2) is 0 Å². The van der Waals surface area contributed by atoms with Crippen molar-refractivity contribution in [1.82, 2.24) is 5.32 Å². The lowest BCUT2D eigenvalue weighted by molar-refractivity contribution is 0.166. The fraction of sp³-hybridized carbons (Fsp3) is 1.00. The van der Waals surface area contributed by atoms with Gasteiger partial charge in [0.25, 0.3) is 0 Å². The second-order valence-electron chi connectivity index (χ2n) is 4.69. The molecule has 1 N–H and O–H groups in total. The highest BCUT2D eigenvalue weighted by Crippen LogP contribution is 2.45. The fourth-order valence-corrected chi connectivity index (χ4v) is 3.14. The van der Waals surface area contributed by atoms with Crippen LogP contribution in [-0.4, -0.2) is 13.1 Å². The second kappa shape index (κ2) is 3.37. The average molecular weight is 167 g/mol. The summed E-state index contributed by atoms with van der Waals surface area (Å²) in [6.45, 7) is 2.44. The number of hydrogen-bond acceptors (Lipinski definition) is 1. The predicted molar refractivity (Wildman–Crippen MR) is 52.1 cm³/mol. The van der Waals surface area contributed by atoms with Gasteiger partial charge in [-0.3, -0.25) is 0 Å². The summed E-state index contributed by atoms with van der Waals surface area (Å²) in [5, 5.41) is 3.45. The summed E-state index contributed by atoms with van der Waals surface area (Å²) in [6, 6.07) is 0.815. The Kier molecular flexibility index (Phi) is 2.40. The van der Waals surface area contributed by atoms with Crippen molar-refractivity contribution in [2.75, 3.05) is 7.05 Å².